The molecule has 2 N–H and O–H groups in total. The average molecular weight is 427 g/mol. The fourth-order valence-corrected chi connectivity index (χ4v) is 3.27. The molecule has 0 saturated heterocycles. The third kappa shape index (κ3) is 5.07. The number of anilines is 5. The van der Waals surface area contributed by atoms with Crippen LogP contribution in [0.4, 0.5) is 32.8 Å². The standard InChI is InChI=1S/C25H22FN5O/c1-18-2-3-22(29-20-6-10-27-11-7-20)14-19(18)16-31(17-32)23-4-5-24(26)25(15-23)30-21-8-12-28-13-9-21/h2-15,17H,16H2,1H3,(H,27,29)(H,28,30). The lowest BCUT2D eigenvalue weighted by atomic mass is 10.1. The van der Waals surface area contributed by atoms with Crippen molar-refractivity contribution in [2.75, 3.05) is 15.5 Å². The first-order chi connectivity index (χ1) is 15.6. The van der Waals surface area contributed by atoms with Crippen LogP contribution in [0.5, 0.6) is 0 Å². The molecule has 2 aromatic carbocycles. The van der Waals surface area contributed by atoms with Gasteiger partial charge in [0.2, 0.25) is 6.41 Å². The van der Waals surface area contributed by atoms with Crippen molar-refractivity contribution in [3.63, 3.8) is 0 Å². The zero-order chi connectivity index (χ0) is 22.3. The van der Waals surface area contributed by atoms with Crippen LogP contribution in [-0.4, -0.2) is 16.4 Å². The van der Waals surface area contributed by atoms with Crippen molar-refractivity contribution >= 4 is 34.8 Å². The second-order valence-electron chi connectivity index (χ2n) is 7.26. The van der Waals surface area contributed by atoms with Crippen LogP contribution in [0.3, 0.4) is 0 Å². The van der Waals surface area contributed by atoms with Crippen LogP contribution in [0, 0.1) is 12.7 Å². The molecule has 0 saturated carbocycles. The molecule has 2 heterocycles. The highest BCUT2D eigenvalue weighted by Gasteiger charge is 2.12. The van der Waals surface area contributed by atoms with Gasteiger partial charge in [0.05, 0.1) is 12.2 Å². The number of hydrogen-bond acceptors (Lipinski definition) is 5. The number of carbonyl (C=O) groups excluding carboxylic acids is 1. The molecule has 0 aliphatic rings. The molecule has 0 radical (unpaired) electrons. The van der Waals surface area contributed by atoms with Crippen molar-refractivity contribution in [3.8, 4) is 0 Å². The molecular formula is C25H22FN5O. The Hall–Kier alpha value is -4.26. The molecule has 6 nitrogen and oxygen atoms in total. The molecule has 0 fully saturated rings. The van der Waals surface area contributed by atoms with Gasteiger partial charge in [-0.3, -0.25) is 14.8 Å². The van der Waals surface area contributed by atoms with Crippen LogP contribution in [0.2, 0.25) is 0 Å². The van der Waals surface area contributed by atoms with Gasteiger partial charge in [-0.1, -0.05) is 6.07 Å². The minimum atomic E-state index is -0.406. The maximum Gasteiger partial charge on any atom is 0.214 e. The monoisotopic (exact) mass is 427 g/mol. The zero-order valence-corrected chi connectivity index (χ0v) is 17.5. The fraction of sp³-hybridized carbons (Fsp3) is 0.0800. The van der Waals surface area contributed by atoms with E-state index in [2.05, 4.69) is 20.6 Å². The predicted octanol–water partition coefficient (Wildman–Crippen LogP) is 5.57. The first-order valence-electron chi connectivity index (χ1n) is 10.1. The molecule has 0 spiro atoms. The first kappa shape index (κ1) is 21.0. The van der Waals surface area contributed by atoms with E-state index in [1.54, 1.807) is 54.0 Å². The first-order valence-corrected chi connectivity index (χ1v) is 10.1. The Balaban J connectivity index is 1.56. The third-order valence-corrected chi connectivity index (χ3v) is 5.03. The summed E-state index contributed by atoms with van der Waals surface area (Å²) in [5, 5.41) is 6.37. The molecule has 4 rings (SSSR count). The maximum absolute atomic E-state index is 14.4. The smallest absolute Gasteiger partial charge is 0.214 e. The minimum absolute atomic E-state index is 0.283. The fourth-order valence-electron chi connectivity index (χ4n) is 3.27. The van der Waals surface area contributed by atoms with Gasteiger partial charge in [0, 0.05) is 47.5 Å². The van der Waals surface area contributed by atoms with Crippen molar-refractivity contribution < 1.29 is 9.18 Å². The summed E-state index contributed by atoms with van der Waals surface area (Å²) in [7, 11) is 0. The lowest BCUT2D eigenvalue weighted by Crippen LogP contribution is -2.21. The number of aromatic nitrogens is 2. The summed E-state index contributed by atoms with van der Waals surface area (Å²) in [6.07, 6.45) is 7.44. The van der Waals surface area contributed by atoms with Gasteiger partial charge >= 0.3 is 0 Å². The number of nitrogens with zero attached hydrogens (tertiary/aromatic N) is 3. The summed E-state index contributed by atoms with van der Waals surface area (Å²) < 4.78 is 14.4. The Morgan fingerprint density at radius 3 is 2.16 bits per heavy atom. The summed E-state index contributed by atoms with van der Waals surface area (Å²) in [4.78, 5) is 21.5. The van der Waals surface area contributed by atoms with E-state index in [0.29, 0.717) is 17.9 Å². The second-order valence-corrected chi connectivity index (χ2v) is 7.26. The largest absolute Gasteiger partial charge is 0.355 e. The molecule has 7 heteroatoms. The van der Waals surface area contributed by atoms with Crippen LogP contribution < -0.4 is 15.5 Å². The van der Waals surface area contributed by atoms with E-state index in [1.165, 1.54) is 6.07 Å². The Kier molecular flexibility index (Phi) is 6.36. The normalized spacial score (nSPS) is 10.4. The lowest BCUT2D eigenvalue weighted by Gasteiger charge is -2.21. The molecule has 0 bridgehead atoms. The SMILES string of the molecule is Cc1ccc(Nc2ccncc2)cc1CN(C=O)c1ccc(F)c(Nc2ccncc2)c1. The van der Waals surface area contributed by atoms with Crippen molar-refractivity contribution in [2.24, 2.45) is 0 Å². The molecular weight excluding hydrogens is 405 g/mol. The summed E-state index contributed by atoms with van der Waals surface area (Å²) in [6, 6.07) is 17.8. The highest BCUT2D eigenvalue weighted by Crippen LogP contribution is 2.27. The topological polar surface area (TPSA) is 70.2 Å². The average Bonchev–Trinajstić information content (AvgIpc) is 2.82. The van der Waals surface area contributed by atoms with E-state index < -0.39 is 5.82 Å². The Bertz CT molecular complexity index is 1200. The predicted molar refractivity (Wildman–Crippen MR) is 125 cm³/mol. The third-order valence-electron chi connectivity index (χ3n) is 5.03. The van der Waals surface area contributed by atoms with Gasteiger partial charge in [-0.25, -0.2) is 4.39 Å². The van der Waals surface area contributed by atoms with Crippen molar-refractivity contribution in [1.29, 1.82) is 0 Å². The van der Waals surface area contributed by atoms with E-state index in [4.69, 9.17) is 0 Å². The van der Waals surface area contributed by atoms with Gasteiger partial charge < -0.3 is 15.5 Å². The molecule has 2 aromatic heterocycles. The number of pyridine rings is 2. The van der Waals surface area contributed by atoms with E-state index in [0.717, 1.165) is 28.9 Å². The molecule has 160 valence electrons. The summed E-state index contributed by atoms with van der Waals surface area (Å²) in [6.45, 7) is 2.34. The molecule has 1 amide bonds. The van der Waals surface area contributed by atoms with Crippen LogP contribution in [0.25, 0.3) is 0 Å². The van der Waals surface area contributed by atoms with Crippen molar-refractivity contribution in [3.05, 3.63) is 102 Å². The number of nitrogens with one attached hydrogen (secondary N) is 2. The van der Waals surface area contributed by atoms with Gasteiger partial charge in [0.1, 0.15) is 5.82 Å². The molecule has 32 heavy (non-hydrogen) atoms. The number of rotatable bonds is 8. The van der Waals surface area contributed by atoms with E-state index in [1.807, 2.05) is 37.3 Å². The number of amides is 1. The highest BCUT2D eigenvalue weighted by atomic mass is 19.1. The number of halogens is 1. The second kappa shape index (κ2) is 9.70. The van der Waals surface area contributed by atoms with E-state index in [-0.39, 0.29) is 5.69 Å². The number of aryl methyl sites for hydroxylation is 1. The lowest BCUT2D eigenvalue weighted by molar-refractivity contribution is -0.107. The van der Waals surface area contributed by atoms with Crippen LogP contribution in [0.1, 0.15) is 11.1 Å². The van der Waals surface area contributed by atoms with E-state index in [9.17, 15) is 9.18 Å². The molecule has 0 aliphatic heterocycles. The summed E-state index contributed by atoms with van der Waals surface area (Å²) in [5.74, 6) is -0.406. The van der Waals surface area contributed by atoms with Gasteiger partial charge in [0.15, 0.2) is 0 Å². The van der Waals surface area contributed by atoms with Crippen molar-refractivity contribution in [1.82, 2.24) is 9.97 Å². The summed E-state index contributed by atoms with van der Waals surface area (Å²) >= 11 is 0. The van der Waals surface area contributed by atoms with E-state index >= 15 is 0 Å². The molecule has 0 unspecified atom stereocenters. The van der Waals surface area contributed by atoms with Crippen LogP contribution in [0.15, 0.2) is 85.5 Å². The van der Waals surface area contributed by atoms with Gasteiger partial charge in [0.25, 0.3) is 0 Å². The number of carbonyl (C=O) groups is 1. The Morgan fingerprint density at radius 1 is 0.844 bits per heavy atom. The van der Waals surface area contributed by atoms with Gasteiger partial charge in [-0.05, 0) is 72.6 Å². The highest BCUT2D eigenvalue weighted by molar-refractivity contribution is 5.78. The maximum atomic E-state index is 14.4. The van der Waals surface area contributed by atoms with Crippen LogP contribution in [-0.2, 0) is 11.3 Å². The zero-order valence-electron chi connectivity index (χ0n) is 17.5. The molecule has 0 aliphatic carbocycles. The minimum Gasteiger partial charge on any atom is -0.355 e. The Morgan fingerprint density at radius 2 is 1.50 bits per heavy atom. The van der Waals surface area contributed by atoms with Gasteiger partial charge in [-0.15, -0.1) is 0 Å². The Labute approximate surface area is 185 Å². The summed E-state index contributed by atoms with van der Waals surface area (Å²) in [5.41, 5.74) is 5.43. The molecule has 4 aromatic rings. The number of benzene rings is 2. The van der Waals surface area contributed by atoms with Crippen LogP contribution >= 0.6 is 0 Å². The van der Waals surface area contributed by atoms with Gasteiger partial charge in [-0.2, -0.15) is 0 Å². The molecule has 0 atom stereocenters. The quantitative estimate of drug-likeness (QED) is 0.360. The van der Waals surface area contributed by atoms with Crippen molar-refractivity contribution in [2.45, 2.75) is 13.5 Å². The number of hydrogen-bond donors (Lipinski definition) is 2.